The second-order valence-electron chi connectivity index (χ2n) is 6.52. The topological polar surface area (TPSA) is 66.8 Å². The number of carbonyl (C=O) groups is 2. The predicted octanol–water partition coefficient (Wildman–Crippen LogP) is 4.05. The molecule has 0 heterocycles. The maximum Gasteiger partial charge on any atom is 0.411 e. The summed E-state index contributed by atoms with van der Waals surface area (Å²) in [5.74, 6) is -1.09. The Morgan fingerprint density at radius 1 is 1.18 bits per heavy atom. The van der Waals surface area contributed by atoms with E-state index in [2.05, 4.69) is 15.9 Å². The Morgan fingerprint density at radius 3 is 2.18 bits per heavy atom. The first-order valence-electron chi connectivity index (χ1n) is 6.92. The minimum absolute atomic E-state index is 0.135. The van der Waals surface area contributed by atoms with Gasteiger partial charge in [0.15, 0.2) is 0 Å². The molecule has 0 radical (unpaired) electrons. The minimum atomic E-state index is -1.39. The van der Waals surface area contributed by atoms with E-state index in [1.54, 1.807) is 20.8 Å². The number of benzene rings is 1. The van der Waals surface area contributed by atoms with Crippen molar-refractivity contribution in [2.24, 2.45) is 0 Å². The molecule has 0 atom stereocenters. The Kier molecular flexibility index (Phi) is 5.62. The van der Waals surface area contributed by atoms with Crippen molar-refractivity contribution in [2.45, 2.75) is 52.3 Å². The molecule has 0 saturated heterocycles. The molecule has 0 aromatic heterocycles. The Morgan fingerprint density at radius 2 is 1.73 bits per heavy atom. The van der Waals surface area contributed by atoms with Crippen molar-refractivity contribution in [1.82, 2.24) is 4.90 Å². The number of ether oxygens (including phenoxy) is 1. The number of carbonyl (C=O) groups excluding carboxylic acids is 1. The summed E-state index contributed by atoms with van der Waals surface area (Å²) in [6, 6.07) is 7.37. The van der Waals surface area contributed by atoms with Crippen LogP contribution in [0.15, 0.2) is 28.7 Å². The van der Waals surface area contributed by atoms with Crippen molar-refractivity contribution >= 4 is 28.0 Å². The summed E-state index contributed by atoms with van der Waals surface area (Å²) in [6.07, 6.45) is -0.657. The van der Waals surface area contributed by atoms with E-state index in [0.29, 0.717) is 0 Å². The maximum absolute atomic E-state index is 12.5. The highest BCUT2D eigenvalue weighted by molar-refractivity contribution is 9.10. The lowest BCUT2D eigenvalue weighted by molar-refractivity contribution is -0.149. The van der Waals surface area contributed by atoms with Crippen LogP contribution in [0.1, 0.15) is 40.2 Å². The van der Waals surface area contributed by atoms with E-state index in [4.69, 9.17) is 4.74 Å². The number of halogens is 1. The zero-order valence-corrected chi connectivity index (χ0v) is 15.1. The zero-order valence-electron chi connectivity index (χ0n) is 13.5. The summed E-state index contributed by atoms with van der Waals surface area (Å²) in [5, 5.41) is 9.45. The quantitative estimate of drug-likeness (QED) is 0.866. The molecular weight excluding hydrogens is 350 g/mol. The van der Waals surface area contributed by atoms with Crippen LogP contribution in [-0.4, -0.2) is 33.2 Å². The van der Waals surface area contributed by atoms with Gasteiger partial charge in [0.05, 0.1) is 6.54 Å². The van der Waals surface area contributed by atoms with Gasteiger partial charge in [-0.3, -0.25) is 4.90 Å². The van der Waals surface area contributed by atoms with Crippen molar-refractivity contribution in [3.05, 3.63) is 34.3 Å². The highest BCUT2D eigenvalue weighted by Crippen LogP contribution is 2.25. The summed E-state index contributed by atoms with van der Waals surface area (Å²) in [5.41, 5.74) is -1.28. The van der Waals surface area contributed by atoms with E-state index >= 15 is 0 Å². The van der Waals surface area contributed by atoms with Gasteiger partial charge in [0.2, 0.25) is 0 Å². The minimum Gasteiger partial charge on any atom is -0.480 e. The van der Waals surface area contributed by atoms with Crippen LogP contribution in [0.25, 0.3) is 0 Å². The van der Waals surface area contributed by atoms with Crippen molar-refractivity contribution in [2.75, 3.05) is 0 Å². The van der Waals surface area contributed by atoms with Gasteiger partial charge in [-0.2, -0.15) is 0 Å². The molecule has 0 bridgehead atoms. The number of hydrogen-bond donors (Lipinski definition) is 1. The highest BCUT2D eigenvalue weighted by atomic mass is 79.9. The van der Waals surface area contributed by atoms with Crippen molar-refractivity contribution in [3.8, 4) is 0 Å². The molecule has 1 rings (SSSR count). The summed E-state index contributed by atoms with van der Waals surface area (Å²) in [7, 11) is 0. The predicted molar refractivity (Wildman–Crippen MR) is 87.6 cm³/mol. The van der Waals surface area contributed by atoms with E-state index < -0.39 is 23.2 Å². The summed E-state index contributed by atoms with van der Waals surface area (Å²) in [6.45, 7) is 8.33. The molecule has 6 heteroatoms. The molecule has 0 aliphatic heterocycles. The van der Waals surface area contributed by atoms with Gasteiger partial charge in [0, 0.05) is 4.47 Å². The largest absolute Gasteiger partial charge is 0.480 e. The maximum atomic E-state index is 12.5. The van der Waals surface area contributed by atoms with Crippen LogP contribution in [0.2, 0.25) is 0 Å². The number of hydrogen-bond acceptors (Lipinski definition) is 3. The lowest BCUT2D eigenvalue weighted by Crippen LogP contribution is -2.53. The lowest BCUT2D eigenvalue weighted by atomic mass is 10.0. The van der Waals surface area contributed by atoms with Gasteiger partial charge in [-0.05, 0) is 46.2 Å². The number of nitrogens with zero attached hydrogens (tertiary/aromatic N) is 1. The molecule has 0 aliphatic carbocycles. The molecular formula is C16H22BrNO4. The third kappa shape index (κ3) is 4.73. The van der Waals surface area contributed by atoms with Gasteiger partial charge in [-0.25, -0.2) is 9.59 Å². The zero-order chi connectivity index (χ0) is 17.1. The van der Waals surface area contributed by atoms with Gasteiger partial charge in [0.1, 0.15) is 11.1 Å². The van der Waals surface area contributed by atoms with Crippen LogP contribution in [-0.2, 0) is 16.1 Å². The average Bonchev–Trinajstić information content (AvgIpc) is 2.35. The first-order chi connectivity index (χ1) is 9.95. The van der Waals surface area contributed by atoms with Crippen molar-refractivity contribution < 1.29 is 19.4 Å². The fourth-order valence-electron chi connectivity index (χ4n) is 1.72. The van der Waals surface area contributed by atoms with E-state index in [9.17, 15) is 14.7 Å². The number of rotatable bonds is 4. The fraction of sp³-hybridized carbons (Fsp3) is 0.500. The van der Waals surface area contributed by atoms with Crippen LogP contribution in [0.3, 0.4) is 0 Å². The molecule has 5 nitrogen and oxygen atoms in total. The van der Waals surface area contributed by atoms with Gasteiger partial charge < -0.3 is 9.84 Å². The van der Waals surface area contributed by atoms with Crippen LogP contribution in [0, 0.1) is 0 Å². The highest BCUT2D eigenvalue weighted by Gasteiger charge is 2.40. The summed E-state index contributed by atoms with van der Waals surface area (Å²) < 4.78 is 6.17. The molecule has 0 saturated carbocycles. The van der Waals surface area contributed by atoms with E-state index in [1.165, 1.54) is 18.7 Å². The lowest BCUT2D eigenvalue weighted by Gasteiger charge is -2.36. The molecule has 1 aromatic carbocycles. The molecule has 1 N–H and O–H groups in total. The van der Waals surface area contributed by atoms with Crippen molar-refractivity contribution in [3.63, 3.8) is 0 Å². The third-order valence-corrected chi connectivity index (χ3v) is 3.87. The molecule has 1 aromatic rings. The fourth-order valence-corrected chi connectivity index (χ4v) is 2.13. The van der Waals surface area contributed by atoms with Crippen LogP contribution in [0.5, 0.6) is 0 Å². The molecule has 0 fully saturated rings. The van der Waals surface area contributed by atoms with Gasteiger partial charge in [-0.15, -0.1) is 0 Å². The van der Waals surface area contributed by atoms with Gasteiger partial charge in [0.25, 0.3) is 0 Å². The van der Waals surface area contributed by atoms with E-state index in [1.807, 2.05) is 24.3 Å². The van der Waals surface area contributed by atoms with Crippen LogP contribution >= 0.6 is 15.9 Å². The monoisotopic (exact) mass is 371 g/mol. The number of amides is 1. The third-order valence-electron chi connectivity index (χ3n) is 3.10. The van der Waals surface area contributed by atoms with Crippen LogP contribution < -0.4 is 0 Å². The first kappa shape index (κ1) is 18.5. The number of carboxylic acid groups (broad SMARTS) is 1. The Balaban J connectivity index is 3.15. The second-order valence-corrected chi connectivity index (χ2v) is 7.38. The van der Waals surface area contributed by atoms with Crippen molar-refractivity contribution in [1.29, 1.82) is 0 Å². The number of carboxylic acids is 1. The Hall–Kier alpha value is -1.56. The molecule has 0 unspecified atom stereocenters. The van der Waals surface area contributed by atoms with Crippen LogP contribution in [0.4, 0.5) is 4.79 Å². The summed E-state index contributed by atoms with van der Waals surface area (Å²) in [4.78, 5) is 25.2. The van der Waals surface area contributed by atoms with E-state index in [-0.39, 0.29) is 6.54 Å². The Labute approximate surface area is 139 Å². The second kappa shape index (κ2) is 6.69. The molecule has 1 amide bonds. The normalized spacial score (nSPS) is 11.9. The molecule has 122 valence electrons. The Bertz CT molecular complexity index is 564. The molecule has 0 aliphatic rings. The van der Waals surface area contributed by atoms with Gasteiger partial charge in [-0.1, -0.05) is 34.1 Å². The van der Waals surface area contributed by atoms with Gasteiger partial charge >= 0.3 is 12.1 Å². The molecule has 22 heavy (non-hydrogen) atoms. The summed E-state index contributed by atoms with van der Waals surface area (Å²) >= 11 is 3.41. The smallest absolute Gasteiger partial charge is 0.411 e. The first-order valence-corrected chi connectivity index (χ1v) is 7.72. The SMILES string of the molecule is CC(C)(C)OC(=O)N(Cc1ccccc1Br)C(C)(C)C(=O)O. The van der Waals surface area contributed by atoms with E-state index in [0.717, 1.165) is 10.0 Å². The standard InChI is InChI=1S/C16H22BrNO4/c1-15(2,3)22-14(21)18(16(4,5)13(19)20)10-11-8-6-7-9-12(11)17/h6-9H,10H2,1-5H3,(H,19,20). The average molecular weight is 372 g/mol. The number of aliphatic carboxylic acids is 1. The molecule has 0 spiro atoms.